The van der Waals surface area contributed by atoms with Gasteiger partial charge >= 0.3 is 0 Å². The number of nitrogens with zero attached hydrogens (tertiary/aromatic N) is 2. The van der Waals surface area contributed by atoms with Gasteiger partial charge in [-0.05, 0) is 24.6 Å². The number of carbonyl (C=O) groups is 1. The van der Waals surface area contributed by atoms with Gasteiger partial charge in [0, 0.05) is 31.4 Å². The van der Waals surface area contributed by atoms with Crippen LogP contribution in [0.15, 0.2) is 36.7 Å². The first-order valence-electron chi connectivity index (χ1n) is 7.61. The fourth-order valence-electron chi connectivity index (χ4n) is 2.26. The molecule has 0 aliphatic rings. The second-order valence-electron chi connectivity index (χ2n) is 5.76. The van der Waals surface area contributed by atoms with Crippen LogP contribution in [0.5, 0.6) is 5.75 Å². The Hall–Kier alpha value is -2.34. The van der Waals surface area contributed by atoms with E-state index in [-0.39, 0.29) is 23.9 Å². The van der Waals surface area contributed by atoms with Gasteiger partial charge in [0.25, 0.3) is 0 Å². The van der Waals surface area contributed by atoms with Crippen molar-refractivity contribution in [1.82, 2.24) is 14.9 Å². The molecule has 0 spiro atoms. The van der Waals surface area contributed by atoms with Crippen molar-refractivity contribution in [2.24, 2.45) is 18.7 Å². The maximum absolute atomic E-state index is 12.4. The molecule has 124 valence electrons. The number of aryl methyl sites for hydroxylation is 1. The lowest BCUT2D eigenvalue weighted by atomic mass is 10.0. The second kappa shape index (κ2) is 7.28. The van der Waals surface area contributed by atoms with E-state index in [2.05, 4.69) is 10.3 Å². The van der Waals surface area contributed by atoms with Crippen molar-refractivity contribution in [3.8, 4) is 5.75 Å². The number of methoxy groups -OCH3 is 1. The van der Waals surface area contributed by atoms with E-state index >= 15 is 0 Å². The van der Waals surface area contributed by atoms with E-state index in [4.69, 9.17) is 10.5 Å². The molecule has 1 aromatic heterocycles. The maximum Gasteiger partial charge on any atom is 0.225 e. The van der Waals surface area contributed by atoms with E-state index in [0.29, 0.717) is 0 Å². The van der Waals surface area contributed by atoms with Gasteiger partial charge in [0.2, 0.25) is 5.91 Å². The summed E-state index contributed by atoms with van der Waals surface area (Å²) in [5.74, 6) is 1.16. The molecule has 0 saturated heterocycles. The summed E-state index contributed by atoms with van der Waals surface area (Å²) < 4.78 is 7.08. The third kappa shape index (κ3) is 3.90. The Morgan fingerprint density at radius 1 is 1.30 bits per heavy atom. The van der Waals surface area contributed by atoms with Crippen molar-refractivity contribution in [1.29, 1.82) is 0 Å². The fraction of sp³-hybridized carbons (Fsp3) is 0.412. The Kier molecular flexibility index (Phi) is 5.39. The smallest absolute Gasteiger partial charge is 0.225 e. The summed E-state index contributed by atoms with van der Waals surface area (Å²) in [6.45, 7) is 3.65. The topological polar surface area (TPSA) is 82.2 Å². The van der Waals surface area contributed by atoms with E-state index in [0.717, 1.165) is 17.1 Å². The molecule has 0 fully saturated rings. The monoisotopic (exact) mass is 316 g/mol. The lowest BCUT2D eigenvalue weighted by Crippen LogP contribution is -2.41. The molecule has 3 unspecified atom stereocenters. The zero-order valence-corrected chi connectivity index (χ0v) is 14.0. The number of nitrogens with one attached hydrogen (secondary N) is 1. The highest BCUT2D eigenvalue weighted by molar-refractivity contribution is 5.79. The summed E-state index contributed by atoms with van der Waals surface area (Å²) in [4.78, 5) is 16.8. The SMILES string of the molecule is COc1ccc(C(NC(=O)C(C)C(C)N)c2nccn2C)cc1. The summed E-state index contributed by atoms with van der Waals surface area (Å²) in [6, 6.07) is 7.03. The summed E-state index contributed by atoms with van der Waals surface area (Å²) in [5, 5.41) is 3.05. The van der Waals surface area contributed by atoms with Gasteiger partial charge in [0.15, 0.2) is 0 Å². The average Bonchev–Trinajstić information content (AvgIpc) is 2.97. The van der Waals surface area contributed by atoms with Crippen LogP contribution < -0.4 is 15.8 Å². The first-order valence-corrected chi connectivity index (χ1v) is 7.61. The third-order valence-electron chi connectivity index (χ3n) is 4.05. The molecule has 23 heavy (non-hydrogen) atoms. The van der Waals surface area contributed by atoms with Gasteiger partial charge in [0.1, 0.15) is 17.6 Å². The zero-order chi connectivity index (χ0) is 17.0. The molecule has 0 bridgehead atoms. The molecule has 0 aliphatic carbocycles. The van der Waals surface area contributed by atoms with Gasteiger partial charge in [-0.2, -0.15) is 0 Å². The predicted molar refractivity (Wildman–Crippen MR) is 89.0 cm³/mol. The van der Waals surface area contributed by atoms with Gasteiger partial charge in [-0.15, -0.1) is 0 Å². The molecule has 3 atom stereocenters. The van der Waals surface area contributed by atoms with E-state index in [1.807, 2.05) is 55.9 Å². The lowest BCUT2D eigenvalue weighted by molar-refractivity contribution is -0.125. The van der Waals surface area contributed by atoms with Crippen LogP contribution in [0.3, 0.4) is 0 Å². The average molecular weight is 316 g/mol. The zero-order valence-electron chi connectivity index (χ0n) is 14.0. The number of rotatable bonds is 6. The predicted octanol–water partition coefficient (Wildman–Crippen LogP) is 1.62. The Labute approximate surface area is 136 Å². The normalized spacial score (nSPS) is 14.8. The highest BCUT2D eigenvalue weighted by Gasteiger charge is 2.25. The minimum absolute atomic E-state index is 0.0937. The highest BCUT2D eigenvalue weighted by atomic mass is 16.5. The molecule has 1 heterocycles. The van der Waals surface area contributed by atoms with Gasteiger partial charge in [0.05, 0.1) is 7.11 Å². The number of hydrogen-bond acceptors (Lipinski definition) is 4. The number of carbonyl (C=O) groups excluding carboxylic acids is 1. The van der Waals surface area contributed by atoms with Gasteiger partial charge < -0.3 is 20.4 Å². The van der Waals surface area contributed by atoms with Crippen LogP contribution in [0, 0.1) is 5.92 Å². The van der Waals surface area contributed by atoms with E-state index in [9.17, 15) is 4.79 Å². The van der Waals surface area contributed by atoms with Crippen LogP contribution in [-0.2, 0) is 11.8 Å². The number of ether oxygens (including phenoxy) is 1. The number of nitrogens with two attached hydrogens (primary N) is 1. The minimum Gasteiger partial charge on any atom is -0.497 e. The molecule has 0 saturated carbocycles. The summed E-state index contributed by atoms with van der Waals surface area (Å²) >= 11 is 0. The van der Waals surface area contributed by atoms with Crippen molar-refractivity contribution < 1.29 is 9.53 Å². The standard InChI is InChI=1S/C17H24N4O2/c1-11(12(2)18)17(22)20-15(16-19-9-10-21(16)3)13-5-7-14(23-4)8-6-13/h5-12,15H,18H2,1-4H3,(H,20,22). The molecule has 6 heteroatoms. The quantitative estimate of drug-likeness (QED) is 0.848. The Morgan fingerprint density at radius 2 is 1.96 bits per heavy atom. The minimum atomic E-state index is -0.338. The lowest BCUT2D eigenvalue weighted by Gasteiger charge is -2.23. The number of hydrogen-bond donors (Lipinski definition) is 2. The van der Waals surface area contributed by atoms with Crippen LogP contribution in [0.2, 0.25) is 0 Å². The van der Waals surface area contributed by atoms with Crippen molar-refractivity contribution in [3.05, 3.63) is 48.0 Å². The van der Waals surface area contributed by atoms with Crippen LogP contribution in [0.25, 0.3) is 0 Å². The first-order chi connectivity index (χ1) is 10.9. The van der Waals surface area contributed by atoms with Crippen LogP contribution in [-0.4, -0.2) is 28.6 Å². The highest BCUT2D eigenvalue weighted by Crippen LogP contribution is 2.23. The Bertz CT molecular complexity index is 649. The van der Waals surface area contributed by atoms with Crippen LogP contribution >= 0.6 is 0 Å². The largest absolute Gasteiger partial charge is 0.497 e. The third-order valence-corrected chi connectivity index (χ3v) is 4.05. The summed E-state index contributed by atoms with van der Waals surface area (Å²) in [7, 11) is 3.53. The van der Waals surface area contributed by atoms with Crippen molar-refractivity contribution in [2.75, 3.05) is 7.11 Å². The molecule has 2 rings (SSSR count). The molecule has 1 aromatic carbocycles. The second-order valence-corrected chi connectivity index (χ2v) is 5.76. The van der Waals surface area contributed by atoms with Gasteiger partial charge in [-0.25, -0.2) is 4.98 Å². The molecule has 1 amide bonds. The fourth-order valence-corrected chi connectivity index (χ4v) is 2.26. The number of imidazole rings is 1. The molecular weight excluding hydrogens is 292 g/mol. The van der Waals surface area contributed by atoms with Crippen LogP contribution in [0.4, 0.5) is 0 Å². The Morgan fingerprint density at radius 3 is 2.43 bits per heavy atom. The van der Waals surface area contributed by atoms with E-state index in [1.54, 1.807) is 13.3 Å². The molecule has 0 radical (unpaired) electrons. The van der Waals surface area contributed by atoms with Crippen molar-refractivity contribution in [2.45, 2.75) is 25.9 Å². The Balaban J connectivity index is 2.32. The van der Waals surface area contributed by atoms with Gasteiger partial charge in [-0.1, -0.05) is 19.1 Å². The first kappa shape index (κ1) is 17.0. The maximum atomic E-state index is 12.4. The molecular formula is C17H24N4O2. The van der Waals surface area contributed by atoms with E-state index in [1.165, 1.54) is 0 Å². The summed E-state index contributed by atoms with van der Waals surface area (Å²) in [6.07, 6.45) is 3.57. The molecule has 6 nitrogen and oxygen atoms in total. The van der Waals surface area contributed by atoms with E-state index < -0.39 is 0 Å². The van der Waals surface area contributed by atoms with Crippen molar-refractivity contribution >= 4 is 5.91 Å². The molecule has 2 aromatic rings. The van der Waals surface area contributed by atoms with Gasteiger partial charge in [-0.3, -0.25) is 4.79 Å². The molecule has 3 N–H and O–H groups in total. The number of aromatic nitrogens is 2. The summed E-state index contributed by atoms with van der Waals surface area (Å²) in [5.41, 5.74) is 6.78. The molecule has 0 aliphatic heterocycles. The van der Waals surface area contributed by atoms with Crippen LogP contribution in [0.1, 0.15) is 31.3 Å². The van der Waals surface area contributed by atoms with Crippen molar-refractivity contribution in [3.63, 3.8) is 0 Å². The number of benzene rings is 1. The number of amides is 1.